The van der Waals surface area contributed by atoms with Crippen molar-refractivity contribution in [1.82, 2.24) is 5.32 Å². The summed E-state index contributed by atoms with van der Waals surface area (Å²) in [6, 6.07) is 10.4. The van der Waals surface area contributed by atoms with Gasteiger partial charge in [-0.1, -0.05) is 30.3 Å². The molecule has 0 saturated heterocycles. The van der Waals surface area contributed by atoms with E-state index in [0.29, 0.717) is 6.61 Å². The molecule has 1 aliphatic rings. The Hall–Kier alpha value is -1.35. The topological polar surface area (TPSA) is 38.3 Å². The minimum Gasteiger partial charge on any atom is -0.464 e. The number of hydrogen-bond acceptors (Lipinski definition) is 3. The molecular formula is C14H19NO2. The number of esters is 1. The molecular weight excluding hydrogens is 214 g/mol. The molecule has 0 unspecified atom stereocenters. The highest BCUT2D eigenvalue weighted by atomic mass is 16.5. The van der Waals surface area contributed by atoms with Gasteiger partial charge in [-0.25, -0.2) is 0 Å². The highest BCUT2D eigenvalue weighted by molar-refractivity contribution is 5.74. The molecule has 1 saturated carbocycles. The van der Waals surface area contributed by atoms with Crippen LogP contribution >= 0.6 is 0 Å². The first-order valence-electron chi connectivity index (χ1n) is 6.27. The number of hydrogen-bond donors (Lipinski definition) is 1. The molecule has 0 bridgehead atoms. The van der Waals surface area contributed by atoms with E-state index in [9.17, 15) is 4.79 Å². The molecule has 1 aliphatic carbocycles. The molecule has 92 valence electrons. The Bertz CT molecular complexity index is 346. The SMILES string of the molecule is O=C(OCCNCCc1ccccc1)C1CC1. The minimum absolute atomic E-state index is 0.0186. The Morgan fingerprint density at radius 1 is 1.24 bits per heavy atom. The van der Waals surface area contributed by atoms with Gasteiger partial charge in [0.05, 0.1) is 5.92 Å². The van der Waals surface area contributed by atoms with Crippen molar-refractivity contribution in [3.05, 3.63) is 35.9 Å². The Kier molecular flexibility index (Phi) is 4.56. The van der Waals surface area contributed by atoms with Crippen LogP contribution in [-0.2, 0) is 16.0 Å². The van der Waals surface area contributed by atoms with Crippen molar-refractivity contribution in [2.45, 2.75) is 19.3 Å². The lowest BCUT2D eigenvalue weighted by molar-refractivity contribution is -0.145. The van der Waals surface area contributed by atoms with Crippen molar-refractivity contribution < 1.29 is 9.53 Å². The van der Waals surface area contributed by atoms with Gasteiger partial charge in [-0.2, -0.15) is 0 Å². The first kappa shape index (κ1) is 12.1. The second-order valence-corrected chi connectivity index (χ2v) is 4.43. The molecule has 1 aromatic carbocycles. The normalized spacial score (nSPS) is 14.6. The van der Waals surface area contributed by atoms with Crippen LogP contribution < -0.4 is 5.32 Å². The summed E-state index contributed by atoms with van der Waals surface area (Å²) < 4.78 is 5.12. The predicted molar refractivity (Wildman–Crippen MR) is 66.7 cm³/mol. The van der Waals surface area contributed by atoms with Crippen LogP contribution in [0.2, 0.25) is 0 Å². The largest absolute Gasteiger partial charge is 0.464 e. The Balaban J connectivity index is 1.47. The van der Waals surface area contributed by atoms with E-state index < -0.39 is 0 Å². The third-order valence-electron chi connectivity index (χ3n) is 2.87. The molecule has 1 N–H and O–H groups in total. The van der Waals surface area contributed by atoms with Gasteiger partial charge in [0.15, 0.2) is 0 Å². The minimum atomic E-state index is -0.0186. The van der Waals surface area contributed by atoms with E-state index in [1.54, 1.807) is 0 Å². The second kappa shape index (κ2) is 6.40. The summed E-state index contributed by atoms with van der Waals surface area (Å²) in [6.07, 6.45) is 3.04. The van der Waals surface area contributed by atoms with Crippen molar-refractivity contribution >= 4 is 5.97 Å². The van der Waals surface area contributed by atoms with Crippen LogP contribution in [0, 0.1) is 5.92 Å². The van der Waals surface area contributed by atoms with Crippen LogP contribution in [0.5, 0.6) is 0 Å². The van der Waals surface area contributed by atoms with E-state index in [0.717, 1.165) is 32.4 Å². The van der Waals surface area contributed by atoms with Crippen LogP contribution in [0.25, 0.3) is 0 Å². The fourth-order valence-electron chi connectivity index (χ4n) is 1.66. The van der Waals surface area contributed by atoms with Gasteiger partial charge in [0, 0.05) is 6.54 Å². The molecule has 3 nitrogen and oxygen atoms in total. The summed E-state index contributed by atoms with van der Waals surface area (Å²) in [5.74, 6) is 0.189. The Morgan fingerprint density at radius 2 is 2.00 bits per heavy atom. The van der Waals surface area contributed by atoms with Crippen LogP contribution in [0.4, 0.5) is 0 Å². The monoisotopic (exact) mass is 233 g/mol. The van der Waals surface area contributed by atoms with Crippen molar-refractivity contribution in [2.75, 3.05) is 19.7 Å². The summed E-state index contributed by atoms with van der Waals surface area (Å²) >= 11 is 0. The fraction of sp³-hybridized carbons (Fsp3) is 0.500. The van der Waals surface area contributed by atoms with Crippen LogP contribution in [0.1, 0.15) is 18.4 Å². The average molecular weight is 233 g/mol. The highest BCUT2D eigenvalue weighted by Crippen LogP contribution is 2.29. The molecule has 0 aliphatic heterocycles. The zero-order valence-corrected chi connectivity index (χ0v) is 10.0. The number of ether oxygens (including phenoxy) is 1. The van der Waals surface area contributed by atoms with E-state index in [2.05, 4.69) is 17.4 Å². The van der Waals surface area contributed by atoms with E-state index >= 15 is 0 Å². The van der Waals surface area contributed by atoms with E-state index in [-0.39, 0.29) is 11.9 Å². The molecule has 0 amide bonds. The van der Waals surface area contributed by atoms with E-state index in [1.807, 2.05) is 18.2 Å². The standard InChI is InChI=1S/C14H19NO2/c16-14(13-6-7-13)17-11-10-15-9-8-12-4-2-1-3-5-12/h1-5,13,15H,6-11H2. The lowest BCUT2D eigenvalue weighted by Crippen LogP contribution is -2.23. The summed E-state index contributed by atoms with van der Waals surface area (Å²) in [7, 11) is 0. The number of nitrogens with one attached hydrogen (secondary N) is 1. The number of benzene rings is 1. The molecule has 1 fully saturated rings. The number of carbonyl (C=O) groups is 1. The van der Waals surface area contributed by atoms with Gasteiger partial charge in [-0.05, 0) is 31.4 Å². The maximum Gasteiger partial charge on any atom is 0.308 e. The molecule has 0 heterocycles. The Labute approximate surface area is 102 Å². The third kappa shape index (κ3) is 4.57. The van der Waals surface area contributed by atoms with Gasteiger partial charge < -0.3 is 10.1 Å². The van der Waals surface area contributed by atoms with Gasteiger partial charge in [0.25, 0.3) is 0 Å². The van der Waals surface area contributed by atoms with Crippen molar-refractivity contribution in [3.8, 4) is 0 Å². The Morgan fingerprint density at radius 3 is 2.71 bits per heavy atom. The van der Waals surface area contributed by atoms with E-state index in [1.165, 1.54) is 5.56 Å². The van der Waals surface area contributed by atoms with Gasteiger partial charge in [-0.15, -0.1) is 0 Å². The zero-order valence-electron chi connectivity index (χ0n) is 10.0. The molecule has 1 aromatic rings. The number of rotatable bonds is 7. The molecule has 3 heteroatoms. The summed E-state index contributed by atoms with van der Waals surface area (Å²) in [5, 5.41) is 3.27. The zero-order chi connectivity index (χ0) is 11.9. The van der Waals surface area contributed by atoms with Gasteiger partial charge in [-0.3, -0.25) is 4.79 Å². The average Bonchev–Trinajstić information content (AvgIpc) is 3.19. The summed E-state index contributed by atoms with van der Waals surface area (Å²) in [6.45, 7) is 2.15. The van der Waals surface area contributed by atoms with Gasteiger partial charge in [0.1, 0.15) is 6.61 Å². The van der Waals surface area contributed by atoms with E-state index in [4.69, 9.17) is 4.74 Å². The van der Waals surface area contributed by atoms with Crippen LogP contribution in [0.15, 0.2) is 30.3 Å². The third-order valence-corrected chi connectivity index (χ3v) is 2.87. The quantitative estimate of drug-likeness (QED) is 0.576. The number of carbonyl (C=O) groups excluding carboxylic acids is 1. The molecule has 0 aromatic heterocycles. The summed E-state index contributed by atoms with van der Waals surface area (Å²) in [5.41, 5.74) is 1.33. The maximum absolute atomic E-state index is 11.2. The van der Waals surface area contributed by atoms with Crippen molar-refractivity contribution in [3.63, 3.8) is 0 Å². The van der Waals surface area contributed by atoms with Crippen LogP contribution in [0.3, 0.4) is 0 Å². The fourth-order valence-corrected chi connectivity index (χ4v) is 1.66. The van der Waals surface area contributed by atoms with Gasteiger partial charge in [0.2, 0.25) is 0 Å². The van der Waals surface area contributed by atoms with Crippen LogP contribution in [-0.4, -0.2) is 25.7 Å². The highest BCUT2D eigenvalue weighted by Gasteiger charge is 2.30. The first-order chi connectivity index (χ1) is 8.36. The molecule has 0 atom stereocenters. The summed E-state index contributed by atoms with van der Waals surface area (Å²) in [4.78, 5) is 11.2. The smallest absolute Gasteiger partial charge is 0.308 e. The maximum atomic E-state index is 11.2. The van der Waals surface area contributed by atoms with Gasteiger partial charge >= 0.3 is 5.97 Å². The van der Waals surface area contributed by atoms with Crippen molar-refractivity contribution in [2.24, 2.45) is 5.92 Å². The van der Waals surface area contributed by atoms with Crippen molar-refractivity contribution in [1.29, 1.82) is 0 Å². The predicted octanol–water partition coefficient (Wildman–Crippen LogP) is 1.77. The molecule has 0 spiro atoms. The molecule has 2 rings (SSSR count). The molecule has 0 radical (unpaired) electrons. The lowest BCUT2D eigenvalue weighted by Gasteiger charge is -2.06. The lowest BCUT2D eigenvalue weighted by atomic mass is 10.1. The second-order valence-electron chi connectivity index (χ2n) is 4.43. The molecule has 17 heavy (non-hydrogen) atoms. The first-order valence-corrected chi connectivity index (χ1v) is 6.27.